The summed E-state index contributed by atoms with van der Waals surface area (Å²) >= 11 is 0. The third-order valence-electron chi connectivity index (χ3n) is 3.09. The molecule has 24 heavy (non-hydrogen) atoms. The molecule has 0 spiro atoms. The molecule has 1 aromatic carbocycles. The molecular weight excluding hydrogens is 341 g/mol. The summed E-state index contributed by atoms with van der Waals surface area (Å²) in [5.74, 6) is -0.499. The van der Waals surface area contributed by atoms with Crippen LogP contribution in [0.25, 0.3) is 11.3 Å². The van der Waals surface area contributed by atoms with Gasteiger partial charge in [-0.05, 0) is 24.1 Å². The van der Waals surface area contributed by atoms with Crippen molar-refractivity contribution < 1.29 is 41.6 Å². The molecule has 6 N–H and O–H groups in total. The Bertz CT molecular complexity index is 729. The van der Waals surface area contributed by atoms with Crippen molar-refractivity contribution >= 4 is 5.91 Å². The minimum absolute atomic E-state index is 0. The van der Waals surface area contributed by atoms with Crippen molar-refractivity contribution in [2.24, 2.45) is 0 Å². The standard InChI is InChI=1S/C17H16N2O2.2H2O.Sc/c1-4-12(3)18-16(20)14-10-11(2)15(19-17(14)21)13-8-6-5-7-9-13;;;/h1,4-10,12H,3H2,2H3,(H,18,20)(H,19,21);2*1H2;/q-2;;;/t12-;;;/m0.../s1. The molecule has 0 unspecified atom stereocenters. The van der Waals surface area contributed by atoms with Crippen LogP contribution < -0.4 is 10.9 Å². The van der Waals surface area contributed by atoms with Gasteiger partial charge in [-0.25, -0.2) is 0 Å². The van der Waals surface area contributed by atoms with Crippen LogP contribution in [0.3, 0.4) is 0 Å². The molecular formula is C17H20N2O4Sc-2. The van der Waals surface area contributed by atoms with E-state index in [9.17, 15) is 9.59 Å². The molecule has 7 heteroatoms. The molecule has 0 saturated carbocycles. The van der Waals surface area contributed by atoms with Crippen molar-refractivity contribution in [2.45, 2.75) is 13.0 Å². The summed E-state index contributed by atoms with van der Waals surface area (Å²) < 4.78 is 0. The molecule has 6 nitrogen and oxygen atoms in total. The number of aromatic amines is 1. The Morgan fingerprint density at radius 3 is 2.42 bits per heavy atom. The van der Waals surface area contributed by atoms with Crippen LogP contribution in [0.5, 0.6) is 0 Å². The Morgan fingerprint density at radius 1 is 1.29 bits per heavy atom. The van der Waals surface area contributed by atoms with Gasteiger partial charge < -0.3 is 34.8 Å². The second-order valence-corrected chi connectivity index (χ2v) is 4.71. The van der Waals surface area contributed by atoms with Gasteiger partial charge in [0.2, 0.25) is 0 Å². The fourth-order valence-corrected chi connectivity index (χ4v) is 2.00. The van der Waals surface area contributed by atoms with Crippen molar-refractivity contribution in [1.82, 2.24) is 10.3 Å². The molecule has 0 aliphatic carbocycles. The maximum atomic E-state index is 12.1. The largest absolute Gasteiger partial charge is 0.519 e. The Kier molecular flexibility index (Phi) is 11.0. The molecule has 0 saturated heterocycles. The van der Waals surface area contributed by atoms with E-state index in [0.717, 1.165) is 11.1 Å². The van der Waals surface area contributed by atoms with Crippen LogP contribution in [0.4, 0.5) is 0 Å². The van der Waals surface area contributed by atoms with Gasteiger partial charge in [-0.3, -0.25) is 15.7 Å². The number of nitrogens with one attached hydrogen (secondary N) is 2. The van der Waals surface area contributed by atoms with Crippen LogP contribution >= 0.6 is 0 Å². The van der Waals surface area contributed by atoms with Crippen LogP contribution in [0.2, 0.25) is 0 Å². The number of H-pyrrole nitrogens is 1. The van der Waals surface area contributed by atoms with Gasteiger partial charge in [0, 0.05) is 25.8 Å². The number of hydrogen-bond donors (Lipinski definition) is 2. The summed E-state index contributed by atoms with van der Waals surface area (Å²) in [6, 6.07) is 10.5. The van der Waals surface area contributed by atoms with Crippen LogP contribution in [-0.2, 0) is 25.8 Å². The van der Waals surface area contributed by atoms with Gasteiger partial charge in [0.05, 0.1) is 5.69 Å². The summed E-state index contributed by atoms with van der Waals surface area (Å²) in [5, 5.41) is 2.52. The van der Waals surface area contributed by atoms with E-state index in [1.54, 1.807) is 6.07 Å². The maximum absolute atomic E-state index is 12.1. The van der Waals surface area contributed by atoms with E-state index < -0.39 is 17.5 Å². The van der Waals surface area contributed by atoms with Crippen LogP contribution in [0.1, 0.15) is 15.9 Å². The van der Waals surface area contributed by atoms with E-state index in [4.69, 9.17) is 6.58 Å². The molecule has 1 amide bonds. The number of benzene rings is 1. The molecule has 0 aliphatic heterocycles. The first-order valence-corrected chi connectivity index (χ1v) is 6.51. The molecule has 0 fully saturated rings. The number of aryl methyl sites for hydroxylation is 1. The number of carbonyl (C=O) groups is 1. The molecule has 0 bridgehead atoms. The predicted molar refractivity (Wildman–Crippen MR) is 89.9 cm³/mol. The van der Waals surface area contributed by atoms with E-state index in [1.165, 1.54) is 6.08 Å². The summed E-state index contributed by atoms with van der Waals surface area (Å²) in [7, 11) is 0. The summed E-state index contributed by atoms with van der Waals surface area (Å²) in [4.78, 5) is 26.8. The first-order chi connectivity index (χ1) is 10.0. The number of aromatic nitrogens is 1. The van der Waals surface area contributed by atoms with Crippen molar-refractivity contribution in [3.8, 4) is 11.3 Å². The normalized spacial score (nSPS) is 10.2. The van der Waals surface area contributed by atoms with Crippen molar-refractivity contribution in [3.05, 3.63) is 77.5 Å². The van der Waals surface area contributed by atoms with Crippen LogP contribution in [-0.4, -0.2) is 27.9 Å². The monoisotopic (exact) mass is 361 g/mol. The zero-order chi connectivity index (χ0) is 15.4. The Labute approximate surface area is 159 Å². The SMILES string of the molecule is O.O.[CH-]=C[C@H]([CH2-])NC(=O)c1cc(C)c(-c2ccccc2)[nH]c1=O.[Sc]. The van der Waals surface area contributed by atoms with Gasteiger partial charge in [-0.2, -0.15) is 0 Å². The third-order valence-corrected chi connectivity index (χ3v) is 3.09. The van der Waals surface area contributed by atoms with Gasteiger partial charge in [-0.1, -0.05) is 30.3 Å². The second-order valence-electron chi connectivity index (χ2n) is 4.71. The number of hydrogen-bond acceptors (Lipinski definition) is 2. The topological polar surface area (TPSA) is 125 Å². The van der Waals surface area contributed by atoms with E-state index in [0.29, 0.717) is 5.69 Å². The Morgan fingerprint density at radius 2 is 1.88 bits per heavy atom. The zero-order valence-electron chi connectivity index (χ0n) is 13.3. The van der Waals surface area contributed by atoms with E-state index in [2.05, 4.69) is 17.2 Å². The summed E-state index contributed by atoms with van der Waals surface area (Å²) in [6.07, 6.45) is 1.25. The van der Waals surface area contributed by atoms with Gasteiger partial charge >= 0.3 is 0 Å². The molecule has 2 rings (SSSR count). The quantitative estimate of drug-likeness (QED) is 0.775. The fraction of sp³-hybridized carbons (Fsp3) is 0.118. The van der Waals surface area contributed by atoms with Crippen molar-refractivity contribution in [3.63, 3.8) is 0 Å². The molecule has 1 aromatic heterocycles. The average molecular weight is 361 g/mol. The number of rotatable bonds is 4. The van der Waals surface area contributed by atoms with E-state index in [1.807, 2.05) is 37.3 Å². The molecule has 0 aliphatic rings. The first kappa shape index (κ1) is 24.4. The maximum Gasteiger partial charge on any atom is 0.261 e. The molecule has 1 radical (unpaired) electrons. The minimum Gasteiger partial charge on any atom is -0.519 e. The van der Waals surface area contributed by atoms with Gasteiger partial charge in [0.1, 0.15) is 5.56 Å². The van der Waals surface area contributed by atoms with E-state index in [-0.39, 0.29) is 42.4 Å². The number of pyridine rings is 1. The summed E-state index contributed by atoms with van der Waals surface area (Å²) in [6.45, 7) is 10.7. The predicted octanol–water partition coefficient (Wildman–Crippen LogP) is 0.620. The van der Waals surface area contributed by atoms with Gasteiger partial charge in [-0.15, -0.1) is 6.04 Å². The second kappa shape index (κ2) is 10.9. The number of amides is 1. The van der Waals surface area contributed by atoms with Crippen LogP contribution in [0, 0.1) is 20.4 Å². The molecule has 1 atom stereocenters. The van der Waals surface area contributed by atoms with Gasteiger partial charge in [0.15, 0.2) is 0 Å². The Hall–Kier alpha value is -1.83. The van der Waals surface area contributed by atoms with Crippen molar-refractivity contribution in [2.75, 3.05) is 0 Å². The van der Waals surface area contributed by atoms with Gasteiger partial charge in [0.25, 0.3) is 11.5 Å². The average Bonchev–Trinajstić information content (AvgIpc) is 2.49. The minimum atomic E-state index is -0.550. The fourth-order valence-electron chi connectivity index (χ4n) is 2.00. The smallest absolute Gasteiger partial charge is 0.261 e. The first-order valence-electron chi connectivity index (χ1n) is 6.51. The van der Waals surface area contributed by atoms with E-state index >= 15 is 0 Å². The summed E-state index contributed by atoms with van der Waals surface area (Å²) in [5.41, 5.74) is 2.00. The third kappa shape index (κ3) is 5.67. The zero-order valence-corrected chi connectivity index (χ0v) is 15.1. The Balaban J connectivity index is 0. The van der Waals surface area contributed by atoms with Crippen LogP contribution in [0.15, 0.2) is 47.3 Å². The molecule has 2 aromatic rings. The number of carbonyl (C=O) groups excluding carboxylic acids is 1. The molecule has 1 heterocycles. The molecule has 127 valence electrons. The van der Waals surface area contributed by atoms with Crippen molar-refractivity contribution in [1.29, 1.82) is 0 Å².